The van der Waals surface area contributed by atoms with Crippen LogP contribution in [0.3, 0.4) is 0 Å². The Morgan fingerprint density at radius 3 is 2.50 bits per heavy atom. The van der Waals surface area contributed by atoms with Gasteiger partial charge in [-0.2, -0.15) is 0 Å². The number of carbonyl (C=O) groups is 4. The number of amides is 3. The van der Waals surface area contributed by atoms with Crippen LogP contribution in [0.4, 0.5) is 9.59 Å². The van der Waals surface area contributed by atoms with E-state index in [0.29, 0.717) is 25.8 Å². The van der Waals surface area contributed by atoms with Crippen molar-refractivity contribution in [1.82, 2.24) is 15.5 Å². The van der Waals surface area contributed by atoms with Crippen LogP contribution in [0.5, 0.6) is 0 Å². The van der Waals surface area contributed by atoms with E-state index in [1.54, 1.807) is 20.8 Å². The molecule has 1 aromatic carbocycles. The van der Waals surface area contributed by atoms with Gasteiger partial charge < -0.3 is 24.8 Å². The van der Waals surface area contributed by atoms with Gasteiger partial charge in [-0.3, -0.25) is 9.69 Å². The molecule has 1 fully saturated rings. The van der Waals surface area contributed by atoms with Crippen molar-refractivity contribution in [2.45, 2.75) is 70.7 Å². The molecule has 0 radical (unpaired) electrons. The van der Waals surface area contributed by atoms with E-state index in [4.69, 9.17) is 14.2 Å². The van der Waals surface area contributed by atoms with Gasteiger partial charge in [-0.25, -0.2) is 14.4 Å². The van der Waals surface area contributed by atoms with Crippen LogP contribution < -0.4 is 10.6 Å². The van der Waals surface area contributed by atoms with Crippen molar-refractivity contribution < 1.29 is 33.4 Å². The molecule has 10 nitrogen and oxygen atoms in total. The lowest BCUT2D eigenvalue weighted by Gasteiger charge is -2.28. The number of nitrogens with one attached hydrogen (secondary N) is 2. The molecule has 10 heteroatoms. The molecule has 0 spiro atoms. The number of benzene rings is 1. The number of carbonyl (C=O) groups excluding carboxylic acids is 4. The number of methoxy groups -OCH3 is 1. The number of likely N-dealkylation sites (tertiary alicyclic amines) is 1. The van der Waals surface area contributed by atoms with E-state index < -0.39 is 41.7 Å². The van der Waals surface area contributed by atoms with Gasteiger partial charge in [0.1, 0.15) is 24.3 Å². The van der Waals surface area contributed by atoms with E-state index in [9.17, 15) is 19.2 Å². The lowest BCUT2D eigenvalue weighted by Crippen LogP contribution is -2.52. The Morgan fingerprint density at radius 2 is 1.85 bits per heavy atom. The van der Waals surface area contributed by atoms with E-state index in [0.717, 1.165) is 5.56 Å². The van der Waals surface area contributed by atoms with E-state index >= 15 is 0 Å². The molecular weight excluding hydrogens is 442 g/mol. The molecule has 0 saturated carbocycles. The van der Waals surface area contributed by atoms with Crippen molar-refractivity contribution in [3.05, 3.63) is 35.9 Å². The van der Waals surface area contributed by atoms with Crippen molar-refractivity contribution in [3.8, 4) is 0 Å². The minimum absolute atomic E-state index is 0.156. The molecule has 0 aromatic heterocycles. The SMILES string of the molecule is COC(=O)C(CCCNC(=O)OCc1ccccc1)NC(=O)C1CCCN1C(=O)OC(C)(C)C. The van der Waals surface area contributed by atoms with Crippen molar-refractivity contribution in [2.75, 3.05) is 20.2 Å². The van der Waals surface area contributed by atoms with Gasteiger partial charge in [0.05, 0.1) is 7.11 Å². The average molecular weight is 478 g/mol. The topological polar surface area (TPSA) is 123 Å². The number of rotatable bonds is 9. The fraction of sp³-hybridized carbons (Fsp3) is 0.583. The highest BCUT2D eigenvalue weighted by Crippen LogP contribution is 2.21. The zero-order valence-electron chi connectivity index (χ0n) is 20.3. The first-order valence-corrected chi connectivity index (χ1v) is 11.4. The second-order valence-electron chi connectivity index (χ2n) is 9.05. The van der Waals surface area contributed by atoms with Crippen molar-refractivity contribution >= 4 is 24.1 Å². The lowest BCUT2D eigenvalue weighted by molar-refractivity contribution is -0.145. The molecule has 1 heterocycles. The Morgan fingerprint density at radius 1 is 1.15 bits per heavy atom. The monoisotopic (exact) mass is 477 g/mol. The number of hydrogen-bond acceptors (Lipinski definition) is 7. The summed E-state index contributed by atoms with van der Waals surface area (Å²) in [5.41, 5.74) is 0.197. The minimum Gasteiger partial charge on any atom is -0.467 e. The van der Waals surface area contributed by atoms with Crippen molar-refractivity contribution in [2.24, 2.45) is 0 Å². The molecule has 1 aliphatic heterocycles. The van der Waals surface area contributed by atoms with E-state index in [2.05, 4.69) is 10.6 Å². The maximum Gasteiger partial charge on any atom is 0.410 e. The summed E-state index contributed by atoms with van der Waals surface area (Å²) in [5.74, 6) is -1.03. The van der Waals surface area contributed by atoms with Gasteiger partial charge in [-0.15, -0.1) is 0 Å². The summed E-state index contributed by atoms with van der Waals surface area (Å²) in [6, 6.07) is 7.68. The summed E-state index contributed by atoms with van der Waals surface area (Å²) < 4.78 is 15.3. The van der Waals surface area contributed by atoms with E-state index in [1.807, 2.05) is 30.3 Å². The predicted octanol–water partition coefficient (Wildman–Crippen LogP) is 2.75. The summed E-state index contributed by atoms with van der Waals surface area (Å²) in [6.07, 6.45) is 0.667. The third-order valence-corrected chi connectivity index (χ3v) is 5.14. The number of esters is 1. The van der Waals surface area contributed by atoms with Gasteiger partial charge in [-0.1, -0.05) is 30.3 Å². The molecule has 1 saturated heterocycles. The maximum atomic E-state index is 12.9. The zero-order chi connectivity index (χ0) is 25.1. The first-order chi connectivity index (χ1) is 16.1. The largest absolute Gasteiger partial charge is 0.467 e. The quantitative estimate of drug-likeness (QED) is 0.318. The fourth-order valence-electron chi connectivity index (χ4n) is 3.51. The van der Waals surface area contributed by atoms with E-state index in [-0.39, 0.29) is 19.6 Å². The van der Waals surface area contributed by atoms with Gasteiger partial charge in [0.2, 0.25) is 5.91 Å². The average Bonchev–Trinajstić information content (AvgIpc) is 3.29. The number of hydrogen-bond donors (Lipinski definition) is 2. The van der Waals surface area contributed by atoms with Crippen LogP contribution in [0, 0.1) is 0 Å². The van der Waals surface area contributed by atoms with Crippen LogP contribution in [0.2, 0.25) is 0 Å². The molecule has 2 rings (SSSR count). The van der Waals surface area contributed by atoms with Gasteiger partial charge in [0.15, 0.2) is 0 Å². The molecule has 2 atom stereocenters. The summed E-state index contributed by atoms with van der Waals surface area (Å²) in [4.78, 5) is 50.8. The van der Waals surface area contributed by atoms with Gasteiger partial charge >= 0.3 is 18.2 Å². The van der Waals surface area contributed by atoms with Gasteiger partial charge in [0.25, 0.3) is 0 Å². The third-order valence-electron chi connectivity index (χ3n) is 5.14. The fourth-order valence-corrected chi connectivity index (χ4v) is 3.51. The molecule has 1 aromatic rings. The van der Waals surface area contributed by atoms with Crippen LogP contribution >= 0.6 is 0 Å². The molecule has 3 amide bonds. The summed E-state index contributed by atoms with van der Waals surface area (Å²) in [7, 11) is 1.24. The van der Waals surface area contributed by atoms with Crippen LogP contribution in [-0.4, -0.2) is 66.8 Å². The first-order valence-electron chi connectivity index (χ1n) is 11.4. The van der Waals surface area contributed by atoms with Crippen LogP contribution in [0.15, 0.2) is 30.3 Å². The Hall–Kier alpha value is -3.30. The molecule has 2 unspecified atom stereocenters. The molecular formula is C24H35N3O7. The normalized spacial score (nSPS) is 16.4. The highest BCUT2D eigenvalue weighted by molar-refractivity contribution is 5.90. The number of ether oxygens (including phenoxy) is 3. The molecule has 188 valence electrons. The smallest absolute Gasteiger partial charge is 0.410 e. The van der Waals surface area contributed by atoms with Gasteiger partial charge in [-0.05, 0) is 52.0 Å². The predicted molar refractivity (Wildman–Crippen MR) is 124 cm³/mol. The van der Waals surface area contributed by atoms with Crippen molar-refractivity contribution in [1.29, 1.82) is 0 Å². The Balaban J connectivity index is 1.81. The molecule has 1 aliphatic rings. The second-order valence-corrected chi connectivity index (χ2v) is 9.05. The molecule has 2 N–H and O–H groups in total. The highest BCUT2D eigenvalue weighted by atomic mass is 16.6. The summed E-state index contributed by atoms with van der Waals surface area (Å²) >= 11 is 0. The van der Waals surface area contributed by atoms with Gasteiger partial charge in [0, 0.05) is 13.1 Å². The summed E-state index contributed by atoms with van der Waals surface area (Å²) in [6.45, 7) is 6.09. The van der Waals surface area contributed by atoms with Crippen LogP contribution in [0.25, 0.3) is 0 Å². The Kier molecular flexibility index (Phi) is 10.2. The minimum atomic E-state index is -0.902. The highest BCUT2D eigenvalue weighted by Gasteiger charge is 2.38. The molecule has 0 aliphatic carbocycles. The molecule has 34 heavy (non-hydrogen) atoms. The number of alkyl carbamates (subject to hydrolysis) is 1. The maximum absolute atomic E-state index is 12.9. The summed E-state index contributed by atoms with van der Waals surface area (Å²) in [5, 5.41) is 5.31. The zero-order valence-corrected chi connectivity index (χ0v) is 20.3. The molecule has 0 bridgehead atoms. The lowest BCUT2D eigenvalue weighted by atomic mass is 10.1. The van der Waals surface area contributed by atoms with Crippen LogP contribution in [0.1, 0.15) is 52.0 Å². The van der Waals surface area contributed by atoms with Crippen LogP contribution in [-0.2, 0) is 30.4 Å². The van der Waals surface area contributed by atoms with Crippen molar-refractivity contribution in [3.63, 3.8) is 0 Å². The standard InChI is InChI=1S/C24H35N3O7/c1-24(2,3)34-23(31)27-15-9-13-19(27)20(28)26-18(21(29)32-4)12-8-14-25-22(30)33-16-17-10-6-5-7-11-17/h5-7,10-11,18-19H,8-9,12-16H2,1-4H3,(H,25,30)(H,26,28). The number of nitrogens with zero attached hydrogens (tertiary/aromatic N) is 1. The second kappa shape index (κ2) is 12.8. The third kappa shape index (κ3) is 8.92. The van der Waals surface area contributed by atoms with E-state index in [1.165, 1.54) is 12.0 Å². The Bertz CT molecular complexity index is 839. The first kappa shape index (κ1) is 26.9. The Labute approximate surface area is 200 Å².